The highest BCUT2D eigenvalue weighted by molar-refractivity contribution is 5.94. The lowest BCUT2D eigenvalue weighted by atomic mass is 9.91. The predicted molar refractivity (Wildman–Crippen MR) is 93.7 cm³/mol. The van der Waals surface area contributed by atoms with Gasteiger partial charge in [0.05, 0.1) is 0 Å². The van der Waals surface area contributed by atoms with E-state index in [-0.39, 0.29) is 23.1 Å². The van der Waals surface area contributed by atoms with Gasteiger partial charge >= 0.3 is 6.36 Å². The number of amides is 1. The molecule has 142 valence electrons. The summed E-state index contributed by atoms with van der Waals surface area (Å²) in [5, 5.41) is 0. The first-order valence-electron chi connectivity index (χ1n) is 8.64. The Morgan fingerprint density at radius 3 is 2.32 bits per heavy atom. The molecule has 0 saturated heterocycles. The number of carbonyl (C=O) groups excluding carboxylic acids is 1. The summed E-state index contributed by atoms with van der Waals surface area (Å²) in [7, 11) is 0. The first-order chi connectivity index (χ1) is 11.5. The summed E-state index contributed by atoms with van der Waals surface area (Å²) >= 11 is 0. The standard InChI is InChI=1S/C19H28F3NO2/c1-6-9-14(7-2)23(17(24)13-18(3,4)5)15-10-8-11-16(12-15)25-19(20,21)22/h8,10-12,14H,6-7,9,13H2,1-5H3. The maximum atomic E-state index is 12.9. The van der Waals surface area contributed by atoms with Gasteiger partial charge in [0, 0.05) is 24.2 Å². The van der Waals surface area contributed by atoms with Crippen LogP contribution in [0.2, 0.25) is 0 Å². The summed E-state index contributed by atoms with van der Waals surface area (Å²) in [6, 6.07) is 5.60. The van der Waals surface area contributed by atoms with Crippen LogP contribution in [0, 0.1) is 5.41 Å². The summed E-state index contributed by atoms with van der Waals surface area (Å²) in [6.07, 6.45) is -2.04. The molecule has 0 heterocycles. The predicted octanol–water partition coefficient (Wildman–Crippen LogP) is 5.93. The lowest BCUT2D eigenvalue weighted by Gasteiger charge is -2.33. The molecule has 25 heavy (non-hydrogen) atoms. The van der Waals surface area contributed by atoms with Crippen molar-refractivity contribution in [3.05, 3.63) is 24.3 Å². The van der Waals surface area contributed by atoms with E-state index in [0.717, 1.165) is 19.3 Å². The fourth-order valence-electron chi connectivity index (χ4n) is 2.78. The minimum absolute atomic E-state index is 0.0546. The Morgan fingerprint density at radius 2 is 1.84 bits per heavy atom. The van der Waals surface area contributed by atoms with Crippen LogP contribution >= 0.6 is 0 Å². The quantitative estimate of drug-likeness (QED) is 0.603. The number of nitrogens with zero attached hydrogens (tertiary/aromatic N) is 1. The number of halogens is 3. The van der Waals surface area contributed by atoms with Crippen LogP contribution in [0.4, 0.5) is 18.9 Å². The first kappa shape index (κ1) is 21.3. The zero-order chi connectivity index (χ0) is 19.3. The van der Waals surface area contributed by atoms with Crippen molar-refractivity contribution in [3.8, 4) is 5.75 Å². The van der Waals surface area contributed by atoms with Gasteiger partial charge in [0.1, 0.15) is 5.75 Å². The van der Waals surface area contributed by atoms with Gasteiger partial charge in [0.25, 0.3) is 0 Å². The summed E-state index contributed by atoms with van der Waals surface area (Å²) in [6.45, 7) is 9.90. The molecule has 0 N–H and O–H groups in total. The van der Waals surface area contributed by atoms with Gasteiger partial charge in [0.15, 0.2) is 0 Å². The van der Waals surface area contributed by atoms with Crippen LogP contribution in [0.1, 0.15) is 60.3 Å². The number of alkyl halides is 3. The summed E-state index contributed by atoms with van der Waals surface area (Å²) < 4.78 is 41.5. The van der Waals surface area contributed by atoms with Crippen LogP contribution in [0.3, 0.4) is 0 Å². The maximum absolute atomic E-state index is 12.9. The van der Waals surface area contributed by atoms with E-state index in [1.165, 1.54) is 18.2 Å². The highest BCUT2D eigenvalue weighted by atomic mass is 19.4. The van der Waals surface area contributed by atoms with Crippen LogP contribution in [0.15, 0.2) is 24.3 Å². The lowest BCUT2D eigenvalue weighted by molar-refractivity contribution is -0.274. The van der Waals surface area contributed by atoms with Gasteiger partial charge in [-0.2, -0.15) is 0 Å². The zero-order valence-corrected chi connectivity index (χ0v) is 15.6. The molecule has 0 fully saturated rings. The highest BCUT2D eigenvalue weighted by Crippen LogP contribution is 2.31. The largest absolute Gasteiger partial charge is 0.573 e. The minimum Gasteiger partial charge on any atom is -0.406 e. The topological polar surface area (TPSA) is 29.5 Å². The highest BCUT2D eigenvalue weighted by Gasteiger charge is 2.32. The van der Waals surface area contributed by atoms with Gasteiger partial charge in [0.2, 0.25) is 5.91 Å². The van der Waals surface area contributed by atoms with E-state index < -0.39 is 6.36 Å². The molecule has 0 spiro atoms. The average molecular weight is 359 g/mol. The Balaban J connectivity index is 3.22. The number of anilines is 1. The van der Waals surface area contributed by atoms with Crippen molar-refractivity contribution in [3.63, 3.8) is 0 Å². The van der Waals surface area contributed by atoms with Crippen molar-refractivity contribution in [1.29, 1.82) is 0 Å². The zero-order valence-electron chi connectivity index (χ0n) is 15.6. The first-order valence-corrected chi connectivity index (χ1v) is 8.64. The maximum Gasteiger partial charge on any atom is 0.573 e. The van der Waals surface area contributed by atoms with Gasteiger partial charge in [-0.15, -0.1) is 13.2 Å². The Kier molecular flexibility index (Phi) is 7.32. The van der Waals surface area contributed by atoms with Crippen molar-refractivity contribution in [2.24, 2.45) is 5.41 Å². The molecule has 0 radical (unpaired) electrons. The van der Waals surface area contributed by atoms with Gasteiger partial charge in [-0.1, -0.05) is 47.1 Å². The van der Waals surface area contributed by atoms with Crippen LogP contribution in [-0.4, -0.2) is 18.3 Å². The number of benzene rings is 1. The third-order valence-corrected chi connectivity index (χ3v) is 3.74. The molecule has 1 unspecified atom stereocenters. The number of rotatable bonds is 7. The van der Waals surface area contributed by atoms with E-state index in [4.69, 9.17) is 0 Å². The second-order valence-electron chi connectivity index (χ2n) is 7.40. The van der Waals surface area contributed by atoms with Crippen molar-refractivity contribution < 1.29 is 22.7 Å². The monoisotopic (exact) mass is 359 g/mol. The molecule has 0 aromatic heterocycles. The van der Waals surface area contributed by atoms with Crippen molar-refractivity contribution in [2.75, 3.05) is 4.90 Å². The molecule has 0 aliphatic rings. The molecule has 0 bridgehead atoms. The normalized spacial score (nSPS) is 13.4. The average Bonchev–Trinajstić information content (AvgIpc) is 2.43. The van der Waals surface area contributed by atoms with E-state index in [2.05, 4.69) is 4.74 Å². The second kappa shape index (κ2) is 8.59. The molecule has 0 aliphatic carbocycles. The Hall–Kier alpha value is -1.72. The van der Waals surface area contributed by atoms with Crippen LogP contribution in [0.25, 0.3) is 0 Å². The smallest absolute Gasteiger partial charge is 0.406 e. The van der Waals surface area contributed by atoms with E-state index in [1.807, 2.05) is 34.6 Å². The Labute approximate surface area is 148 Å². The van der Waals surface area contributed by atoms with Gasteiger partial charge in [-0.3, -0.25) is 4.79 Å². The Morgan fingerprint density at radius 1 is 1.20 bits per heavy atom. The fraction of sp³-hybridized carbons (Fsp3) is 0.632. The van der Waals surface area contributed by atoms with Gasteiger partial charge in [-0.05, 0) is 30.4 Å². The lowest BCUT2D eigenvalue weighted by Crippen LogP contribution is -2.41. The van der Waals surface area contributed by atoms with Gasteiger partial charge in [-0.25, -0.2) is 0 Å². The molecular formula is C19H28F3NO2. The molecule has 1 rings (SSSR count). The van der Waals surface area contributed by atoms with Crippen LogP contribution < -0.4 is 9.64 Å². The van der Waals surface area contributed by atoms with Crippen LogP contribution in [0.5, 0.6) is 5.75 Å². The molecule has 0 aliphatic heterocycles. The molecule has 1 atom stereocenters. The fourth-order valence-corrected chi connectivity index (χ4v) is 2.78. The van der Waals surface area contributed by atoms with Crippen LogP contribution in [-0.2, 0) is 4.79 Å². The molecule has 1 aromatic carbocycles. The molecule has 3 nitrogen and oxygen atoms in total. The van der Waals surface area contributed by atoms with Crippen molar-refractivity contribution in [1.82, 2.24) is 0 Å². The Bertz CT molecular complexity index is 565. The van der Waals surface area contributed by atoms with E-state index in [0.29, 0.717) is 12.1 Å². The minimum atomic E-state index is -4.76. The van der Waals surface area contributed by atoms with E-state index >= 15 is 0 Å². The van der Waals surface area contributed by atoms with E-state index in [9.17, 15) is 18.0 Å². The molecule has 1 amide bonds. The molecule has 6 heteroatoms. The van der Waals surface area contributed by atoms with Crippen molar-refractivity contribution >= 4 is 11.6 Å². The molecule has 1 aromatic rings. The van der Waals surface area contributed by atoms with Gasteiger partial charge < -0.3 is 9.64 Å². The summed E-state index contributed by atoms with van der Waals surface area (Å²) in [5.74, 6) is -0.401. The van der Waals surface area contributed by atoms with Crippen molar-refractivity contribution in [2.45, 2.75) is 72.7 Å². The number of ether oxygens (including phenoxy) is 1. The number of carbonyl (C=O) groups is 1. The molecular weight excluding hydrogens is 331 g/mol. The molecule has 0 saturated carbocycles. The summed E-state index contributed by atoms with van der Waals surface area (Å²) in [5.41, 5.74) is 0.233. The number of hydrogen-bond donors (Lipinski definition) is 0. The SMILES string of the molecule is CCCC(CC)N(C(=O)CC(C)(C)C)c1cccc(OC(F)(F)F)c1. The second-order valence-corrected chi connectivity index (χ2v) is 7.40. The van der Waals surface area contributed by atoms with E-state index in [1.54, 1.807) is 11.0 Å². The third-order valence-electron chi connectivity index (χ3n) is 3.74. The number of hydrogen-bond acceptors (Lipinski definition) is 2. The summed E-state index contributed by atoms with van der Waals surface area (Å²) in [4.78, 5) is 14.5. The third kappa shape index (κ3) is 7.36.